The van der Waals surface area contributed by atoms with Gasteiger partial charge in [0.1, 0.15) is 0 Å². The first kappa shape index (κ1) is 42.0. The van der Waals surface area contributed by atoms with Crippen LogP contribution in [0, 0.1) is 70.3 Å². The van der Waals surface area contributed by atoms with Crippen LogP contribution in [-0.2, 0) is 26.2 Å². The van der Waals surface area contributed by atoms with Gasteiger partial charge in [-0.05, 0) is 19.2 Å². The van der Waals surface area contributed by atoms with Crippen LogP contribution >= 0.6 is 32.7 Å². The van der Waals surface area contributed by atoms with Crippen molar-refractivity contribution in [2.24, 2.45) is 0 Å². The number of halogens is 12. The first-order valence-electron chi connectivity index (χ1n) is 9.46. The van der Waals surface area contributed by atoms with Crippen molar-refractivity contribution in [1.82, 2.24) is 0 Å². The minimum absolute atomic E-state index is 0. The molecule has 39 heavy (non-hydrogen) atoms. The summed E-state index contributed by atoms with van der Waals surface area (Å²) >= 11 is 0. The smallest absolute Gasteiger partial charge is 0.278 e. The molecule has 0 saturated heterocycles. The van der Waals surface area contributed by atoms with Gasteiger partial charge in [0.15, 0.2) is 0 Å². The summed E-state index contributed by atoms with van der Waals surface area (Å²) in [5.41, 5.74) is 1.50. The van der Waals surface area contributed by atoms with Gasteiger partial charge in [-0.25, -0.2) is 38.5 Å². The Balaban J connectivity index is -0.000000477. The monoisotopic (exact) mass is 696 g/mol. The molecule has 15 heteroatoms. The molecule has 0 spiro atoms. The summed E-state index contributed by atoms with van der Waals surface area (Å²) in [6.07, 6.45) is 8.79. The van der Waals surface area contributed by atoms with Crippen molar-refractivity contribution >= 4 is 46.5 Å². The van der Waals surface area contributed by atoms with Crippen LogP contribution in [0.2, 0.25) is 0 Å². The zero-order chi connectivity index (χ0) is 26.4. The van der Waals surface area contributed by atoms with E-state index >= 15 is 0 Å². The maximum absolute atomic E-state index is 12.0. The van der Waals surface area contributed by atoms with E-state index in [1.807, 2.05) is 0 Å². The van der Waals surface area contributed by atoms with Gasteiger partial charge in [0, 0.05) is 8.41 Å². The molecule has 0 bridgehead atoms. The van der Waals surface area contributed by atoms with Gasteiger partial charge >= 0.3 is 26.2 Å². The molecule has 208 valence electrons. The van der Waals surface area contributed by atoms with E-state index < -0.39 is 58.2 Å². The van der Waals surface area contributed by atoms with Crippen LogP contribution < -0.4 is 5.30 Å². The minimum atomic E-state index is -2.17. The minimum Gasteiger partial charge on any atom is -0.278 e. The van der Waals surface area contributed by atoms with Crippen molar-refractivity contribution in [3.8, 4) is 0 Å². The Bertz CT molecular complexity index is 1140. The zero-order valence-corrected chi connectivity index (χ0v) is 24.7. The molecule has 0 amide bonds. The number of hydrogen-bond acceptors (Lipinski definition) is 0. The van der Waals surface area contributed by atoms with Crippen LogP contribution in [0.5, 0.6) is 0 Å². The van der Waals surface area contributed by atoms with Crippen molar-refractivity contribution in [1.29, 1.82) is 0 Å². The van der Waals surface area contributed by atoms with E-state index in [1.165, 1.54) is 5.56 Å². The average Bonchev–Trinajstić information content (AvgIpc) is 3.51. The summed E-state index contributed by atoms with van der Waals surface area (Å²) in [5, 5.41) is 1.55. The second-order valence-corrected chi connectivity index (χ2v) is 9.22. The van der Waals surface area contributed by atoms with Crippen molar-refractivity contribution in [3.63, 3.8) is 0 Å². The van der Waals surface area contributed by atoms with Gasteiger partial charge in [-0.3, -0.25) is 17.6 Å². The summed E-state index contributed by atoms with van der Waals surface area (Å²) in [7, 11) is 0.0368. The molecule has 0 nitrogen and oxygen atoms in total. The number of benzene rings is 2. The van der Waals surface area contributed by atoms with E-state index in [0.29, 0.717) is 5.92 Å². The van der Waals surface area contributed by atoms with Gasteiger partial charge in [0.2, 0.25) is 0 Å². The molecule has 0 fully saturated rings. The molecule has 0 atom stereocenters. The fraction of sp³-hybridized carbons (Fsp3) is 0.125. The summed E-state index contributed by atoms with van der Waals surface area (Å²) in [4.78, 5) is 0. The van der Waals surface area contributed by atoms with Crippen molar-refractivity contribution in [2.45, 2.75) is 5.92 Å². The predicted molar refractivity (Wildman–Crippen MR) is 132 cm³/mol. The van der Waals surface area contributed by atoms with Crippen LogP contribution in [0.1, 0.15) is 11.5 Å². The molecule has 1 aliphatic rings. The molecule has 0 aliphatic heterocycles. The van der Waals surface area contributed by atoms with E-state index in [-0.39, 0.29) is 67.4 Å². The topological polar surface area (TPSA) is 0 Å². The first-order valence-corrected chi connectivity index (χ1v) is 11.7. The van der Waals surface area contributed by atoms with Gasteiger partial charge in [0.05, 0.1) is 58.2 Å². The van der Waals surface area contributed by atoms with Gasteiger partial charge in [-0.15, -0.1) is 55.7 Å². The second kappa shape index (κ2) is 18.8. The molecule has 0 aromatic heterocycles. The Morgan fingerprint density at radius 2 is 0.974 bits per heavy atom. The van der Waals surface area contributed by atoms with Crippen LogP contribution in [0.3, 0.4) is 0 Å². The van der Waals surface area contributed by atoms with E-state index in [0.717, 1.165) is 12.1 Å². The molecule has 4 rings (SSSR count). The van der Waals surface area contributed by atoms with Gasteiger partial charge < -0.3 is 0 Å². The third-order valence-corrected chi connectivity index (χ3v) is 5.77. The van der Waals surface area contributed by atoms with Crippen molar-refractivity contribution in [2.75, 3.05) is 13.3 Å². The van der Waals surface area contributed by atoms with E-state index in [2.05, 4.69) is 55.8 Å². The molecule has 0 unspecified atom stereocenters. The zero-order valence-electron chi connectivity index (χ0n) is 19.7. The molecular weight excluding hydrogens is 682 g/mol. The SMILES string of the molecule is CP(C)c1ccc[c-]1C1C=CC=C1.Cl.Cl.Fc1[c-]c(F)c(F)c(F)c1F.Fc1[c-]c(F)c(F)c(F)c1F.[B].[Zr+3]. The Hall–Kier alpha value is -1.47. The molecule has 0 saturated carbocycles. The Kier molecular flexibility index (Phi) is 20.2. The maximum Gasteiger partial charge on any atom is 3.00 e. The van der Waals surface area contributed by atoms with Gasteiger partial charge in [-0.2, -0.15) is 6.07 Å². The summed E-state index contributed by atoms with van der Waals surface area (Å²) in [6, 6.07) is 8.74. The normalized spacial score (nSPS) is 11.2. The average molecular weight is 698 g/mol. The summed E-state index contributed by atoms with van der Waals surface area (Å²) < 4.78 is 120. The predicted octanol–water partition coefficient (Wildman–Crippen LogP) is 7.81. The van der Waals surface area contributed by atoms with Gasteiger partial charge in [-0.1, -0.05) is 24.3 Å². The van der Waals surface area contributed by atoms with Crippen LogP contribution in [-0.4, -0.2) is 21.7 Å². The molecule has 1 aliphatic carbocycles. The van der Waals surface area contributed by atoms with E-state index in [1.54, 1.807) is 5.30 Å². The van der Waals surface area contributed by atoms with Crippen LogP contribution in [0.4, 0.5) is 43.9 Å². The molecule has 3 aromatic rings. The maximum atomic E-state index is 12.0. The third-order valence-electron chi connectivity index (χ3n) is 4.40. The number of allylic oxidation sites excluding steroid dienone is 4. The standard InChI is InChI=1S/C12H14P.2C6F5.B.2ClH.Zr/c1-13(2)12-9-5-8-11(12)10-6-3-4-7-10;2*7-2-1-3(8)5(10)6(11)4(2)9;;;;/h3-10H,1-2H3;;;;2*1H;/q3*-1;;;;+3. The van der Waals surface area contributed by atoms with Crippen molar-refractivity contribution in [3.05, 3.63) is 118 Å². The first-order chi connectivity index (χ1) is 16.4. The second-order valence-electron chi connectivity index (χ2n) is 6.95. The fourth-order valence-corrected chi connectivity index (χ4v) is 3.87. The Morgan fingerprint density at radius 3 is 1.28 bits per heavy atom. The van der Waals surface area contributed by atoms with E-state index in [4.69, 9.17) is 0 Å². The molecule has 4 radical (unpaired) electrons. The third kappa shape index (κ3) is 10.8. The Morgan fingerprint density at radius 1 is 0.641 bits per heavy atom. The largest absolute Gasteiger partial charge is 3.00 e. The summed E-state index contributed by atoms with van der Waals surface area (Å²) in [5.74, 6) is -19.6. The van der Waals surface area contributed by atoms with Gasteiger partial charge in [0.25, 0.3) is 0 Å². The Labute approximate surface area is 253 Å². The fourth-order valence-electron chi connectivity index (χ4n) is 2.74. The van der Waals surface area contributed by atoms with Crippen LogP contribution in [0.25, 0.3) is 0 Å². The van der Waals surface area contributed by atoms with E-state index in [9.17, 15) is 43.9 Å². The van der Waals surface area contributed by atoms with Crippen molar-refractivity contribution < 1.29 is 70.1 Å². The molecule has 3 aromatic carbocycles. The number of rotatable bonds is 2. The summed E-state index contributed by atoms with van der Waals surface area (Å²) in [6.45, 7) is 4.63. The number of hydrogen-bond donors (Lipinski definition) is 0. The van der Waals surface area contributed by atoms with Crippen LogP contribution in [0.15, 0.2) is 42.5 Å². The molecular formula is C24H16BCl2F10PZr. The quantitative estimate of drug-likeness (QED) is 0.0641. The molecule has 0 N–H and O–H groups in total. The molecule has 0 heterocycles.